The first kappa shape index (κ1) is 13.3. The van der Waals surface area contributed by atoms with Crippen LogP contribution < -0.4 is 5.32 Å². The van der Waals surface area contributed by atoms with Crippen molar-refractivity contribution < 1.29 is 13.9 Å². The van der Waals surface area contributed by atoms with Crippen LogP contribution in [0.3, 0.4) is 0 Å². The van der Waals surface area contributed by atoms with E-state index < -0.39 is 16.6 Å². The number of hydrogen-bond donors (Lipinski definition) is 1. The van der Waals surface area contributed by atoms with Crippen molar-refractivity contribution >= 4 is 39.2 Å². The van der Waals surface area contributed by atoms with Gasteiger partial charge in [0.15, 0.2) is 0 Å². The molecule has 3 nitrogen and oxygen atoms in total. The number of esters is 1. The summed E-state index contributed by atoms with van der Waals surface area (Å²) >= 11 is 8.96. The quantitative estimate of drug-likeness (QED) is 0.686. The van der Waals surface area contributed by atoms with Crippen molar-refractivity contribution in [3.63, 3.8) is 0 Å². The van der Waals surface area contributed by atoms with Gasteiger partial charge in [0.05, 0.1) is 17.8 Å². The van der Waals surface area contributed by atoms with E-state index in [1.807, 2.05) is 0 Å². The number of hydrogen-bond acceptors (Lipinski definition) is 3. The molecule has 0 fully saturated rings. The molecule has 6 heteroatoms. The lowest BCUT2D eigenvalue weighted by molar-refractivity contribution is -0.139. The van der Waals surface area contributed by atoms with Gasteiger partial charge >= 0.3 is 5.97 Å². The van der Waals surface area contributed by atoms with E-state index >= 15 is 0 Å². The van der Waals surface area contributed by atoms with Crippen LogP contribution in [0.1, 0.15) is 0 Å². The second-order valence-corrected chi connectivity index (χ2v) is 4.51. The number of alkyl halides is 1. The van der Waals surface area contributed by atoms with Crippen LogP contribution in [0, 0.1) is 5.82 Å². The normalized spacial score (nSPS) is 12.0. The highest BCUT2D eigenvalue weighted by Gasteiger charge is 2.15. The van der Waals surface area contributed by atoms with Gasteiger partial charge in [-0.05, 0) is 18.2 Å². The highest BCUT2D eigenvalue weighted by Crippen LogP contribution is 2.22. The maximum atomic E-state index is 12.9. The first-order valence-electron chi connectivity index (χ1n) is 4.45. The standard InChI is InChI=1S/C10H10BrClFNO2/c1-16-10(15)7(11)5-14-9-4-6(13)2-3-8(9)12/h2-4,7,14H,5H2,1H3. The van der Waals surface area contributed by atoms with Gasteiger partial charge < -0.3 is 10.1 Å². The van der Waals surface area contributed by atoms with Crippen LogP contribution in [-0.4, -0.2) is 24.5 Å². The molecule has 0 aliphatic heterocycles. The number of halogens is 3. The number of benzene rings is 1. The molecule has 0 aliphatic rings. The van der Waals surface area contributed by atoms with Gasteiger partial charge in [0.2, 0.25) is 0 Å². The van der Waals surface area contributed by atoms with E-state index in [9.17, 15) is 9.18 Å². The maximum absolute atomic E-state index is 12.9. The van der Waals surface area contributed by atoms with E-state index in [2.05, 4.69) is 26.0 Å². The third-order valence-corrected chi connectivity index (χ3v) is 2.88. The zero-order chi connectivity index (χ0) is 12.1. The Morgan fingerprint density at radius 2 is 2.38 bits per heavy atom. The molecule has 16 heavy (non-hydrogen) atoms. The Bertz CT molecular complexity index is 389. The molecule has 0 saturated carbocycles. The molecule has 0 radical (unpaired) electrons. The Labute approximate surface area is 106 Å². The van der Waals surface area contributed by atoms with Crippen LogP contribution in [0.25, 0.3) is 0 Å². The Morgan fingerprint density at radius 1 is 1.69 bits per heavy atom. The average molecular weight is 311 g/mol. The number of carbonyl (C=O) groups excluding carboxylic acids is 1. The SMILES string of the molecule is COC(=O)C(Br)CNc1cc(F)ccc1Cl. The molecule has 0 amide bonds. The van der Waals surface area contributed by atoms with Gasteiger partial charge in [-0.3, -0.25) is 4.79 Å². The number of nitrogens with one attached hydrogen (secondary N) is 1. The van der Waals surface area contributed by atoms with E-state index in [1.54, 1.807) is 0 Å². The van der Waals surface area contributed by atoms with Gasteiger partial charge in [0.1, 0.15) is 10.6 Å². The van der Waals surface area contributed by atoms with E-state index in [0.717, 1.165) is 0 Å². The average Bonchev–Trinajstić information content (AvgIpc) is 2.28. The number of anilines is 1. The van der Waals surface area contributed by atoms with Gasteiger partial charge in [-0.25, -0.2) is 4.39 Å². The fraction of sp³-hybridized carbons (Fsp3) is 0.300. The first-order valence-corrected chi connectivity index (χ1v) is 5.74. The minimum atomic E-state index is -0.503. The summed E-state index contributed by atoms with van der Waals surface area (Å²) in [4.78, 5) is 10.6. The molecular formula is C10H10BrClFNO2. The van der Waals surface area contributed by atoms with Crippen molar-refractivity contribution in [2.75, 3.05) is 19.0 Å². The topological polar surface area (TPSA) is 38.3 Å². The monoisotopic (exact) mass is 309 g/mol. The summed E-state index contributed by atoms with van der Waals surface area (Å²) < 4.78 is 17.4. The summed E-state index contributed by atoms with van der Waals surface area (Å²) in [6, 6.07) is 3.97. The molecule has 1 unspecified atom stereocenters. The summed E-state index contributed by atoms with van der Waals surface area (Å²) in [5, 5.41) is 3.24. The predicted octanol–water partition coefficient (Wildman–Crippen LogP) is 2.83. The molecule has 0 aromatic heterocycles. The fourth-order valence-electron chi connectivity index (χ4n) is 1.04. The predicted molar refractivity (Wildman–Crippen MR) is 64.6 cm³/mol. The fourth-order valence-corrected chi connectivity index (χ4v) is 1.58. The Balaban J connectivity index is 2.60. The second kappa shape index (κ2) is 6.06. The van der Waals surface area contributed by atoms with Crippen LogP contribution >= 0.6 is 27.5 Å². The Morgan fingerprint density at radius 3 is 3.00 bits per heavy atom. The molecule has 0 spiro atoms. The van der Waals surface area contributed by atoms with Crippen molar-refractivity contribution in [2.45, 2.75) is 4.83 Å². The molecule has 1 aromatic rings. The zero-order valence-electron chi connectivity index (χ0n) is 8.47. The summed E-state index contributed by atoms with van der Waals surface area (Å²) in [6.45, 7) is 0.260. The number of ether oxygens (including phenoxy) is 1. The highest BCUT2D eigenvalue weighted by atomic mass is 79.9. The van der Waals surface area contributed by atoms with Crippen molar-refractivity contribution in [2.24, 2.45) is 0 Å². The van der Waals surface area contributed by atoms with Gasteiger partial charge in [0.25, 0.3) is 0 Å². The zero-order valence-corrected chi connectivity index (χ0v) is 10.8. The van der Waals surface area contributed by atoms with E-state index in [0.29, 0.717) is 10.7 Å². The van der Waals surface area contributed by atoms with E-state index in [4.69, 9.17) is 11.6 Å². The summed E-state index contributed by atoms with van der Waals surface area (Å²) in [7, 11) is 1.30. The van der Waals surface area contributed by atoms with Crippen LogP contribution in [0.4, 0.5) is 10.1 Å². The Hall–Kier alpha value is -0.810. The van der Waals surface area contributed by atoms with Crippen LogP contribution in [-0.2, 0) is 9.53 Å². The summed E-state index contributed by atoms with van der Waals surface area (Å²) in [5.74, 6) is -0.795. The lowest BCUT2D eigenvalue weighted by Crippen LogP contribution is -2.24. The third kappa shape index (κ3) is 3.64. The number of carbonyl (C=O) groups is 1. The minimum absolute atomic E-state index is 0.260. The van der Waals surface area contributed by atoms with Crippen molar-refractivity contribution in [1.29, 1.82) is 0 Å². The van der Waals surface area contributed by atoms with Gasteiger partial charge in [-0.15, -0.1) is 0 Å². The molecule has 1 atom stereocenters. The van der Waals surface area contributed by atoms with Crippen LogP contribution in [0.15, 0.2) is 18.2 Å². The lowest BCUT2D eigenvalue weighted by atomic mass is 10.3. The second-order valence-electron chi connectivity index (χ2n) is 3.00. The third-order valence-electron chi connectivity index (χ3n) is 1.86. The molecule has 88 valence electrons. The van der Waals surface area contributed by atoms with Crippen molar-refractivity contribution in [3.8, 4) is 0 Å². The van der Waals surface area contributed by atoms with Crippen molar-refractivity contribution in [3.05, 3.63) is 29.0 Å². The number of rotatable bonds is 4. The molecule has 0 bridgehead atoms. The molecule has 1 N–H and O–H groups in total. The van der Waals surface area contributed by atoms with Gasteiger partial charge in [0, 0.05) is 6.54 Å². The Kier molecular flexibility index (Phi) is 5.02. The largest absolute Gasteiger partial charge is 0.468 e. The molecule has 0 aliphatic carbocycles. The number of methoxy groups -OCH3 is 1. The van der Waals surface area contributed by atoms with Gasteiger partial charge in [-0.1, -0.05) is 27.5 Å². The smallest absolute Gasteiger partial charge is 0.321 e. The van der Waals surface area contributed by atoms with E-state index in [-0.39, 0.29) is 6.54 Å². The lowest BCUT2D eigenvalue weighted by Gasteiger charge is -2.11. The van der Waals surface area contributed by atoms with E-state index in [1.165, 1.54) is 25.3 Å². The van der Waals surface area contributed by atoms with Crippen LogP contribution in [0.5, 0.6) is 0 Å². The summed E-state index contributed by atoms with van der Waals surface area (Å²) in [5.41, 5.74) is 0.440. The minimum Gasteiger partial charge on any atom is -0.468 e. The summed E-state index contributed by atoms with van der Waals surface area (Å²) in [6.07, 6.45) is 0. The van der Waals surface area contributed by atoms with Crippen molar-refractivity contribution in [1.82, 2.24) is 0 Å². The maximum Gasteiger partial charge on any atom is 0.321 e. The first-order chi connectivity index (χ1) is 7.54. The molecule has 1 aromatic carbocycles. The van der Waals surface area contributed by atoms with Crippen LogP contribution in [0.2, 0.25) is 5.02 Å². The molecule has 0 saturated heterocycles. The van der Waals surface area contributed by atoms with Gasteiger partial charge in [-0.2, -0.15) is 0 Å². The molecular weight excluding hydrogens is 300 g/mol. The molecule has 0 heterocycles. The highest BCUT2D eigenvalue weighted by molar-refractivity contribution is 9.10. The molecule has 1 rings (SSSR count).